The molecule has 0 radical (unpaired) electrons. The fourth-order valence-corrected chi connectivity index (χ4v) is 2.90. The molecular formula is C18H18N6O. The Morgan fingerprint density at radius 2 is 1.96 bits per heavy atom. The summed E-state index contributed by atoms with van der Waals surface area (Å²) < 4.78 is 7.42. The Hall–Kier alpha value is -3.22. The Morgan fingerprint density at radius 3 is 2.72 bits per heavy atom. The van der Waals surface area contributed by atoms with E-state index in [0.29, 0.717) is 18.3 Å². The molecule has 0 aliphatic carbocycles. The molecule has 1 aromatic carbocycles. The number of benzene rings is 1. The Bertz CT molecular complexity index is 1030. The summed E-state index contributed by atoms with van der Waals surface area (Å²) in [6.45, 7) is 2.41. The highest BCUT2D eigenvalue weighted by Gasteiger charge is 2.17. The van der Waals surface area contributed by atoms with Crippen LogP contribution in [0.4, 0.5) is 5.82 Å². The van der Waals surface area contributed by atoms with Gasteiger partial charge in [0.05, 0.1) is 23.1 Å². The Labute approximate surface area is 144 Å². The van der Waals surface area contributed by atoms with Gasteiger partial charge in [-0.25, -0.2) is 9.97 Å². The highest BCUT2D eigenvalue weighted by molar-refractivity contribution is 5.76. The lowest BCUT2D eigenvalue weighted by Gasteiger charge is -2.19. The summed E-state index contributed by atoms with van der Waals surface area (Å²) in [6, 6.07) is 11.9. The van der Waals surface area contributed by atoms with E-state index in [0.717, 1.165) is 28.2 Å². The molecule has 4 rings (SSSR count). The van der Waals surface area contributed by atoms with Crippen LogP contribution in [0.2, 0.25) is 0 Å². The van der Waals surface area contributed by atoms with Crippen LogP contribution in [0.1, 0.15) is 11.6 Å². The van der Waals surface area contributed by atoms with Crippen molar-refractivity contribution >= 4 is 16.9 Å². The quantitative estimate of drug-likeness (QED) is 0.571. The molecule has 7 heteroatoms. The molecule has 0 fully saturated rings. The number of imidazole rings is 1. The van der Waals surface area contributed by atoms with Gasteiger partial charge in [0.2, 0.25) is 0 Å². The molecule has 4 aromatic rings. The maximum absolute atomic E-state index is 5.31. The third-order valence-corrected chi connectivity index (χ3v) is 4.16. The molecule has 0 N–H and O–H groups in total. The minimum absolute atomic E-state index is 0.470. The topological polar surface area (TPSA) is 72.9 Å². The molecule has 0 spiro atoms. The van der Waals surface area contributed by atoms with Crippen LogP contribution in [0, 0.1) is 6.92 Å². The molecule has 0 unspecified atom stereocenters. The molecule has 126 valence electrons. The average Bonchev–Trinajstić information content (AvgIpc) is 3.19. The minimum Gasteiger partial charge on any atom is -0.352 e. The van der Waals surface area contributed by atoms with Crippen LogP contribution in [-0.2, 0) is 13.6 Å². The number of anilines is 1. The molecular weight excluding hydrogens is 316 g/mol. The number of aromatic nitrogens is 5. The Kier molecular flexibility index (Phi) is 3.68. The lowest BCUT2D eigenvalue weighted by atomic mass is 10.2. The summed E-state index contributed by atoms with van der Waals surface area (Å²) in [5.74, 6) is 2.81. The molecule has 0 aliphatic heterocycles. The number of rotatable bonds is 4. The molecule has 7 nitrogen and oxygen atoms in total. The van der Waals surface area contributed by atoms with Gasteiger partial charge in [0.1, 0.15) is 11.6 Å². The molecule has 0 amide bonds. The van der Waals surface area contributed by atoms with E-state index >= 15 is 0 Å². The van der Waals surface area contributed by atoms with Gasteiger partial charge in [0.25, 0.3) is 5.89 Å². The Morgan fingerprint density at radius 1 is 1.12 bits per heavy atom. The van der Waals surface area contributed by atoms with E-state index in [9.17, 15) is 0 Å². The van der Waals surface area contributed by atoms with Crippen molar-refractivity contribution in [2.75, 3.05) is 11.9 Å². The third kappa shape index (κ3) is 2.73. The predicted octanol–water partition coefficient (Wildman–Crippen LogP) is 2.96. The SMILES string of the molecule is Cc1noc(-c2cccnc2N(C)Cc2nc3ccccc3n2C)n1. The smallest absolute Gasteiger partial charge is 0.261 e. The van der Waals surface area contributed by atoms with Gasteiger partial charge < -0.3 is 14.0 Å². The Balaban J connectivity index is 1.69. The number of para-hydroxylation sites is 2. The average molecular weight is 334 g/mol. The molecule has 3 heterocycles. The van der Waals surface area contributed by atoms with E-state index in [1.807, 2.05) is 49.3 Å². The van der Waals surface area contributed by atoms with Crippen LogP contribution in [0.3, 0.4) is 0 Å². The first-order valence-electron chi connectivity index (χ1n) is 8.00. The summed E-state index contributed by atoms with van der Waals surface area (Å²) in [6.07, 6.45) is 1.76. The van der Waals surface area contributed by atoms with Crippen molar-refractivity contribution in [3.63, 3.8) is 0 Å². The van der Waals surface area contributed by atoms with E-state index in [4.69, 9.17) is 9.51 Å². The van der Waals surface area contributed by atoms with Gasteiger partial charge in [-0.2, -0.15) is 4.98 Å². The van der Waals surface area contributed by atoms with Crippen molar-refractivity contribution in [1.82, 2.24) is 24.7 Å². The number of fused-ring (bicyclic) bond motifs is 1. The van der Waals surface area contributed by atoms with Crippen LogP contribution >= 0.6 is 0 Å². The summed E-state index contributed by atoms with van der Waals surface area (Å²) >= 11 is 0. The second-order valence-electron chi connectivity index (χ2n) is 5.95. The van der Waals surface area contributed by atoms with E-state index < -0.39 is 0 Å². The van der Waals surface area contributed by atoms with Crippen LogP contribution < -0.4 is 4.90 Å². The zero-order chi connectivity index (χ0) is 17.4. The van der Waals surface area contributed by atoms with Gasteiger partial charge in [-0.3, -0.25) is 0 Å². The van der Waals surface area contributed by atoms with Crippen LogP contribution in [-0.4, -0.2) is 31.7 Å². The molecule has 0 bridgehead atoms. The van der Waals surface area contributed by atoms with Gasteiger partial charge in [-0.05, 0) is 31.2 Å². The highest BCUT2D eigenvalue weighted by Crippen LogP contribution is 2.27. The van der Waals surface area contributed by atoms with Crippen molar-refractivity contribution in [2.45, 2.75) is 13.5 Å². The van der Waals surface area contributed by atoms with Crippen LogP contribution in [0.25, 0.3) is 22.5 Å². The van der Waals surface area contributed by atoms with E-state index in [1.165, 1.54) is 0 Å². The molecule has 0 aliphatic rings. The normalized spacial score (nSPS) is 11.2. The van der Waals surface area contributed by atoms with Crippen molar-refractivity contribution in [3.8, 4) is 11.5 Å². The number of aryl methyl sites for hydroxylation is 2. The predicted molar refractivity (Wildman–Crippen MR) is 95.1 cm³/mol. The summed E-state index contributed by atoms with van der Waals surface area (Å²) in [7, 11) is 4.01. The van der Waals surface area contributed by atoms with E-state index in [1.54, 1.807) is 13.1 Å². The maximum atomic E-state index is 5.31. The third-order valence-electron chi connectivity index (χ3n) is 4.16. The van der Waals surface area contributed by atoms with E-state index in [-0.39, 0.29) is 0 Å². The first-order chi connectivity index (χ1) is 12.1. The monoisotopic (exact) mass is 334 g/mol. The zero-order valence-corrected chi connectivity index (χ0v) is 14.3. The van der Waals surface area contributed by atoms with Crippen LogP contribution in [0.5, 0.6) is 0 Å². The molecule has 0 atom stereocenters. The minimum atomic E-state index is 0.470. The van der Waals surface area contributed by atoms with Crippen molar-refractivity contribution < 1.29 is 4.52 Å². The largest absolute Gasteiger partial charge is 0.352 e. The molecule has 0 saturated carbocycles. The van der Waals surface area contributed by atoms with Gasteiger partial charge in [-0.15, -0.1) is 0 Å². The first kappa shape index (κ1) is 15.3. The lowest BCUT2D eigenvalue weighted by molar-refractivity contribution is 0.425. The zero-order valence-electron chi connectivity index (χ0n) is 14.3. The number of nitrogens with zero attached hydrogens (tertiary/aromatic N) is 6. The van der Waals surface area contributed by atoms with Gasteiger partial charge in [0.15, 0.2) is 5.82 Å². The van der Waals surface area contributed by atoms with Gasteiger partial charge >= 0.3 is 0 Å². The van der Waals surface area contributed by atoms with Crippen LogP contribution in [0.15, 0.2) is 47.1 Å². The summed E-state index contributed by atoms with van der Waals surface area (Å²) in [5.41, 5.74) is 2.91. The van der Waals surface area contributed by atoms with Crippen molar-refractivity contribution in [1.29, 1.82) is 0 Å². The van der Waals surface area contributed by atoms with Gasteiger partial charge in [0, 0.05) is 20.3 Å². The standard InChI is InChI=1S/C18H18N6O/c1-12-20-18(25-22-12)13-7-6-10-19-17(13)23(2)11-16-21-14-8-4-5-9-15(14)24(16)3/h4-10H,11H2,1-3H3. The lowest BCUT2D eigenvalue weighted by Crippen LogP contribution is -2.20. The highest BCUT2D eigenvalue weighted by atomic mass is 16.5. The summed E-state index contributed by atoms with van der Waals surface area (Å²) in [5, 5.41) is 3.87. The number of hydrogen-bond acceptors (Lipinski definition) is 6. The van der Waals surface area contributed by atoms with Crippen molar-refractivity contribution in [3.05, 3.63) is 54.2 Å². The number of pyridine rings is 1. The second-order valence-corrected chi connectivity index (χ2v) is 5.95. The first-order valence-corrected chi connectivity index (χ1v) is 8.00. The number of hydrogen-bond donors (Lipinski definition) is 0. The van der Waals surface area contributed by atoms with Crippen molar-refractivity contribution in [2.24, 2.45) is 7.05 Å². The molecule has 3 aromatic heterocycles. The summed E-state index contributed by atoms with van der Waals surface area (Å²) in [4.78, 5) is 15.6. The van der Waals surface area contributed by atoms with E-state index in [2.05, 4.69) is 25.8 Å². The molecule has 0 saturated heterocycles. The fourth-order valence-electron chi connectivity index (χ4n) is 2.90. The second kappa shape index (κ2) is 6.01. The maximum Gasteiger partial charge on any atom is 0.261 e. The molecule has 25 heavy (non-hydrogen) atoms. The van der Waals surface area contributed by atoms with Gasteiger partial charge in [-0.1, -0.05) is 17.3 Å². The fraction of sp³-hybridized carbons (Fsp3) is 0.222.